The van der Waals surface area contributed by atoms with Crippen LogP contribution >= 0.6 is 0 Å². The lowest BCUT2D eigenvalue weighted by atomic mass is 9.61. The van der Waals surface area contributed by atoms with Crippen LogP contribution in [0.3, 0.4) is 0 Å². The summed E-state index contributed by atoms with van der Waals surface area (Å²) in [7, 11) is 0. The van der Waals surface area contributed by atoms with Gasteiger partial charge in [-0.3, -0.25) is 4.79 Å². The zero-order valence-corrected chi connectivity index (χ0v) is 15.4. The molecule has 1 amide bonds. The van der Waals surface area contributed by atoms with E-state index in [0.717, 1.165) is 57.0 Å². The van der Waals surface area contributed by atoms with E-state index in [9.17, 15) is 9.90 Å². The highest BCUT2D eigenvalue weighted by atomic mass is 16.3. The van der Waals surface area contributed by atoms with Gasteiger partial charge in [0, 0.05) is 12.1 Å². The number of aliphatic hydroxyl groups is 1. The molecular formula is C19H33N3O2. The first-order valence-electron chi connectivity index (χ1n) is 9.39. The van der Waals surface area contributed by atoms with E-state index < -0.39 is 0 Å². The zero-order chi connectivity index (χ0) is 17.8. The van der Waals surface area contributed by atoms with Gasteiger partial charge in [-0.25, -0.2) is 0 Å². The molecular weight excluding hydrogens is 302 g/mol. The summed E-state index contributed by atoms with van der Waals surface area (Å²) < 4.78 is 0. The normalized spacial score (nSPS) is 41.1. The van der Waals surface area contributed by atoms with E-state index in [1.807, 2.05) is 6.92 Å². The third-order valence-corrected chi connectivity index (χ3v) is 5.78. The highest BCUT2D eigenvalue weighted by molar-refractivity contribution is 5.49. The first-order valence-corrected chi connectivity index (χ1v) is 9.39. The number of amides is 1. The van der Waals surface area contributed by atoms with Crippen molar-refractivity contribution in [1.29, 1.82) is 5.26 Å². The Morgan fingerprint density at radius 1 is 1.29 bits per heavy atom. The van der Waals surface area contributed by atoms with Gasteiger partial charge in [0.2, 0.25) is 6.41 Å². The summed E-state index contributed by atoms with van der Waals surface area (Å²) in [6, 6.07) is 1.91. The van der Waals surface area contributed by atoms with E-state index in [-0.39, 0.29) is 11.6 Å². The highest BCUT2D eigenvalue weighted by Gasteiger charge is 2.44. The summed E-state index contributed by atoms with van der Waals surface area (Å²) in [6.07, 6.45) is 8.40. The second-order valence-corrected chi connectivity index (χ2v) is 8.50. The number of hydrogen-bond donors (Lipinski definition) is 2. The Bertz CT molecular complexity index is 456. The van der Waals surface area contributed by atoms with Crippen molar-refractivity contribution in [2.45, 2.75) is 82.9 Å². The summed E-state index contributed by atoms with van der Waals surface area (Å²) in [5.74, 6) is 1.47. The third-order valence-electron chi connectivity index (χ3n) is 5.78. The van der Waals surface area contributed by atoms with Crippen LogP contribution in [0.2, 0.25) is 0 Å². The maximum Gasteiger partial charge on any atom is 0.210 e. The van der Waals surface area contributed by atoms with Crippen molar-refractivity contribution in [3.63, 3.8) is 0 Å². The van der Waals surface area contributed by atoms with Crippen molar-refractivity contribution < 1.29 is 9.90 Å². The van der Waals surface area contributed by atoms with Gasteiger partial charge in [-0.05, 0) is 77.2 Å². The van der Waals surface area contributed by atoms with Crippen molar-refractivity contribution in [2.75, 3.05) is 13.1 Å². The van der Waals surface area contributed by atoms with E-state index in [0.29, 0.717) is 5.54 Å². The van der Waals surface area contributed by atoms with Gasteiger partial charge in [0.15, 0.2) is 0 Å². The van der Waals surface area contributed by atoms with Crippen LogP contribution in [0.4, 0.5) is 0 Å². The highest BCUT2D eigenvalue weighted by Crippen LogP contribution is 2.47. The SMILES string of the molecule is CCNC1(C)CC2CC(CC(C)(O)C2)C1.N#CC1CCCN1C=O. The van der Waals surface area contributed by atoms with E-state index >= 15 is 0 Å². The minimum atomic E-state index is -0.388. The minimum absolute atomic E-state index is 0.150. The van der Waals surface area contributed by atoms with E-state index in [2.05, 4.69) is 25.2 Å². The molecule has 136 valence electrons. The molecule has 3 fully saturated rings. The number of hydrogen-bond acceptors (Lipinski definition) is 4. The van der Waals surface area contributed by atoms with Crippen LogP contribution < -0.4 is 5.32 Å². The van der Waals surface area contributed by atoms with Gasteiger partial charge in [-0.2, -0.15) is 5.26 Å². The quantitative estimate of drug-likeness (QED) is 0.777. The monoisotopic (exact) mass is 335 g/mol. The van der Waals surface area contributed by atoms with Crippen LogP contribution in [0, 0.1) is 23.2 Å². The van der Waals surface area contributed by atoms with Crippen molar-refractivity contribution in [2.24, 2.45) is 11.8 Å². The van der Waals surface area contributed by atoms with E-state index in [1.165, 1.54) is 19.3 Å². The molecule has 5 nitrogen and oxygen atoms in total. The van der Waals surface area contributed by atoms with Crippen LogP contribution in [-0.4, -0.2) is 46.7 Å². The first-order chi connectivity index (χ1) is 11.3. The lowest BCUT2D eigenvalue weighted by Crippen LogP contribution is -2.52. The minimum Gasteiger partial charge on any atom is -0.390 e. The third kappa shape index (κ3) is 4.94. The Hall–Kier alpha value is -1.12. The molecule has 0 aromatic carbocycles. The van der Waals surface area contributed by atoms with Crippen molar-refractivity contribution >= 4 is 6.41 Å². The number of nitrogens with one attached hydrogen (secondary N) is 1. The first kappa shape index (κ1) is 19.2. The van der Waals surface area contributed by atoms with Crippen LogP contribution in [-0.2, 0) is 4.79 Å². The molecule has 1 aliphatic heterocycles. The second kappa shape index (κ2) is 7.84. The lowest BCUT2D eigenvalue weighted by molar-refractivity contribution is -0.118. The van der Waals surface area contributed by atoms with Crippen LogP contribution in [0.15, 0.2) is 0 Å². The van der Waals surface area contributed by atoms with Gasteiger partial charge < -0.3 is 15.3 Å². The average Bonchev–Trinajstić information content (AvgIpc) is 2.92. The van der Waals surface area contributed by atoms with Gasteiger partial charge >= 0.3 is 0 Å². The molecule has 3 rings (SSSR count). The fourth-order valence-electron chi connectivity index (χ4n) is 5.26. The van der Waals surface area contributed by atoms with Gasteiger partial charge in [0.05, 0.1) is 11.7 Å². The fraction of sp³-hybridized carbons (Fsp3) is 0.895. The van der Waals surface area contributed by atoms with Gasteiger partial charge in [-0.1, -0.05) is 6.92 Å². The van der Waals surface area contributed by atoms with Crippen LogP contribution in [0.25, 0.3) is 0 Å². The number of fused-ring (bicyclic) bond motifs is 2. The number of nitrogens with zero attached hydrogens (tertiary/aromatic N) is 2. The molecule has 2 bridgehead atoms. The molecule has 3 unspecified atom stereocenters. The number of carbonyl (C=O) groups is 1. The lowest BCUT2D eigenvalue weighted by Gasteiger charge is -2.50. The Balaban J connectivity index is 0.000000198. The Morgan fingerprint density at radius 2 is 1.92 bits per heavy atom. The zero-order valence-electron chi connectivity index (χ0n) is 15.4. The number of carbonyl (C=O) groups excluding carboxylic acids is 1. The molecule has 1 saturated heterocycles. The fourth-order valence-corrected chi connectivity index (χ4v) is 5.26. The molecule has 0 spiro atoms. The number of likely N-dealkylation sites (tertiary alicyclic amines) is 1. The van der Waals surface area contributed by atoms with Crippen LogP contribution in [0.1, 0.15) is 65.7 Å². The standard InChI is InChI=1S/C13H25NO.C6H8N2O/c1-4-14-12(2)6-10-5-11(7-12)9-13(3,15)8-10;7-4-6-2-1-3-8(6)5-9/h10-11,14-15H,4-9H2,1-3H3;5-6H,1-3H2. The molecule has 5 heteroatoms. The summed E-state index contributed by atoms with van der Waals surface area (Å²) in [5, 5.41) is 22.2. The largest absolute Gasteiger partial charge is 0.390 e. The Morgan fingerprint density at radius 3 is 2.38 bits per heavy atom. The molecule has 3 aliphatic rings. The molecule has 1 heterocycles. The Labute approximate surface area is 146 Å². The molecule has 0 aromatic rings. The molecule has 2 aliphatic carbocycles. The summed E-state index contributed by atoms with van der Waals surface area (Å²) in [4.78, 5) is 11.7. The van der Waals surface area contributed by atoms with Crippen molar-refractivity contribution in [1.82, 2.24) is 10.2 Å². The second-order valence-electron chi connectivity index (χ2n) is 8.50. The van der Waals surface area contributed by atoms with Gasteiger partial charge in [0.25, 0.3) is 0 Å². The van der Waals surface area contributed by atoms with Gasteiger partial charge in [-0.15, -0.1) is 0 Å². The predicted octanol–water partition coefficient (Wildman–Crippen LogP) is 2.45. The number of rotatable bonds is 3. The predicted molar refractivity (Wildman–Crippen MR) is 94.2 cm³/mol. The average molecular weight is 335 g/mol. The smallest absolute Gasteiger partial charge is 0.210 e. The molecule has 2 saturated carbocycles. The molecule has 0 aromatic heterocycles. The molecule has 3 atom stereocenters. The topological polar surface area (TPSA) is 76.4 Å². The van der Waals surface area contributed by atoms with Crippen LogP contribution in [0.5, 0.6) is 0 Å². The summed E-state index contributed by atoms with van der Waals surface area (Å²) >= 11 is 0. The molecule has 2 N–H and O–H groups in total. The van der Waals surface area contributed by atoms with Crippen molar-refractivity contribution in [3.05, 3.63) is 0 Å². The van der Waals surface area contributed by atoms with Gasteiger partial charge in [0.1, 0.15) is 6.04 Å². The van der Waals surface area contributed by atoms with Crippen molar-refractivity contribution in [3.8, 4) is 6.07 Å². The maximum absolute atomic E-state index is 10.2. The van der Waals surface area contributed by atoms with E-state index in [1.54, 1.807) is 4.90 Å². The maximum atomic E-state index is 10.2. The summed E-state index contributed by atoms with van der Waals surface area (Å²) in [5.41, 5.74) is -0.0556. The molecule has 24 heavy (non-hydrogen) atoms. The number of nitriles is 1. The Kier molecular flexibility index (Phi) is 6.28. The molecule has 0 radical (unpaired) electrons. The summed E-state index contributed by atoms with van der Waals surface area (Å²) in [6.45, 7) is 8.37. The van der Waals surface area contributed by atoms with E-state index in [4.69, 9.17) is 5.26 Å².